The van der Waals surface area contributed by atoms with Crippen LogP contribution in [0.25, 0.3) is 25.1 Å². The number of ether oxygens (including phenoxy) is 1. The van der Waals surface area contributed by atoms with E-state index < -0.39 is 5.97 Å². The van der Waals surface area contributed by atoms with Gasteiger partial charge in [0, 0.05) is 33.4 Å². The summed E-state index contributed by atoms with van der Waals surface area (Å²) in [4.78, 5) is 13.0. The lowest BCUT2D eigenvalue weighted by molar-refractivity contribution is -0.135. The van der Waals surface area contributed by atoms with E-state index in [9.17, 15) is 4.79 Å². The molecule has 0 aliphatic carbocycles. The number of hydrogen-bond acceptors (Lipinski definition) is 3. The zero-order chi connectivity index (χ0) is 19.0. The Labute approximate surface area is 160 Å². The Kier molecular flexibility index (Phi) is 4.68. The van der Waals surface area contributed by atoms with Crippen LogP contribution in [0.15, 0.2) is 60.7 Å². The molecule has 0 radical (unpaired) electrons. The van der Waals surface area contributed by atoms with Gasteiger partial charge < -0.3 is 9.84 Å². The molecule has 0 fully saturated rings. The molecule has 1 aromatic heterocycles. The fourth-order valence-corrected chi connectivity index (χ4v) is 6.11. The number of aryl methyl sites for hydroxylation is 2. The van der Waals surface area contributed by atoms with E-state index in [2.05, 4.69) is 60.7 Å². The maximum Gasteiger partial charge on any atom is 0.313 e. The summed E-state index contributed by atoms with van der Waals surface area (Å²) < 4.78 is 8.15. The van der Waals surface area contributed by atoms with Gasteiger partial charge in [-0.05, 0) is 49.2 Å². The van der Waals surface area contributed by atoms with Crippen molar-refractivity contribution in [1.29, 1.82) is 0 Å². The number of thiophene rings is 1. The summed E-state index contributed by atoms with van der Waals surface area (Å²) in [5.74, 6) is 0.192. The molecular formula is C23H21O3S+. The Bertz CT molecular complexity index is 1080. The van der Waals surface area contributed by atoms with Gasteiger partial charge in [0.25, 0.3) is 0 Å². The van der Waals surface area contributed by atoms with Gasteiger partial charge in [0.15, 0.2) is 14.3 Å². The summed E-state index contributed by atoms with van der Waals surface area (Å²) in [6, 6.07) is 21.4. The molecule has 27 heavy (non-hydrogen) atoms. The maximum absolute atomic E-state index is 11.8. The predicted molar refractivity (Wildman–Crippen MR) is 112 cm³/mol. The number of hydrogen-bond donors (Lipinski definition) is 1. The molecule has 0 spiro atoms. The van der Waals surface area contributed by atoms with Crippen LogP contribution in [0.1, 0.15) is 17.5 Å². The SMILES string of the molecule is Cc1cc(-[s+]2c3ccccc3c3ccccc32)cc(C)c1OC(=O)CCO. The van der Waals surface area contributed by atoms with Crippen LogP contribution in [0.4, 0.5) is 0 Å². The number of benzene rings is 3. The van der Waals surface area contributed by atoms with Gasteiger partial charge in [0.1, 0.15) is 5.75 Å². The summed E-state index contributed by atoms with van der Waals surface area (Å²) in [5.41, 5.74) is 1.87. The van der Waals surface area contributed by atoms with E-state index in [4.69, 9.17) is 9.84 Å². The van der Waals surface area contributed by atoms with Crippen LogP contribution in [0.5, 0.6) is 5.75 Å². The largest absolute Gasteiger partial charge is 0.426 e. The van der Waals surface area contributed by atoms with Crippen LogP contribution in [-0.2, 0) is 4.79 Å². The minimum atomic E-state index is -0.407. The average Bonchev–Trinajstić information content (AvgIpc) is 2.99. The standard InChI is InChI=1S/C23H21O3S/c1-15-13-17(14-16(2)23(15)26-22(25)11-12-24)27-20-9-5-3-7-18(20)19-8-4-6-10-21(19)27/h3-10,13-14,24H,11-12H2,1-2H3/q+1. The summed E-state index contributed by atoms with van der Waals surface area (Å²) >= 11 is 0. The second-order valence-corrected chi connectivity index (χ2v) is 8.60. The van der Waals surface area contributed by atoms with E-state index in [-0.39, 0.29) is 23.5 Å². The number of aliphatic hydroxyl groups is 1. The fraction of sp³-hybridized carbons (Fsp3) is 0.174. The molecule has 1 N–H and O–H groups in total. The Balaban J connectivity index is 1.90. The van der Waals surface area contributed by atoms with Crippen LogP contribution in [0.3, 0.4) is 0 Å². The van der Waals surface area contributed by atoms with Gasteiger partial charge in [-0.2, -0.15) is 0 Å². The van der Waals surface area contributed by atoms with Crippen LogP contribution in [0, 0.1) is 13.8 Å². The third-order valence-electron chi connectivity index (χ3n) is 4.71. The molecule has 4 heteroatoms. The van der Waals surface area contributed by atoms with Crippen molar-refractivity contribution in [2.24, 2.45) is 0 Å². The van der Waals surface area contributed by atoms with Crippen molar-refractivity contribution in [3.63, 3.8) is 0 Å². The second kappa shape index (κ2) is 7.14. The predicted octanol–water partition coefficient (Wildman–Crippen LogP) is 5.64. The normalized spacial score (nSPS) is 11.2. The van der Waals surface area contributed by atoms with Gasteiger partial charge in [0.05, 0.1) is 13.0 Å². The quantitative estimate of drug-likeness (QED) is 0.285. The lowest BCUT2D eigenvalue weighted by Gasteiger charge is -2.10. The number of aliphatic hydroxyl groups excluding tert-OH is 1. The third kappa shape index (κ3) is 3.11. The molecule has 0 unspecified atom stereocenters. The first-order chi connectivity index (χ1) is 13.1. The first-order valence-corrected chi connectivity index (χ1v) is 10.2. The molecular weight excluding hydrogens is 356 g/mol. The highest BCUT2D eigenvalue weighted by Gasteiger charge is 2.24. The van der Waals surface area contributed by atoms with Gasteiger partial charge in [-0.3, -0.25) is 4.79 Å². The van der Waals surface area contributed by atoms with Crippen molar-refractivity contribution in [2.75, 3.05) is 6.61 Å². The Morgan fingerprint density at radius 2 is 1.44 bits per heavy atom. The second-order valence-electron chi connectivity index (χ2n) is 6.63. The molecule has 1 heterocycles. The van der Waals surface area contributed by atoms with Crippen LogP contribution in [0.2, 0.25) is 0 Å². The molecule has 0 atom stereocenters. The number of carbonyl (C=O) groups excluding carboxylic acids is 1. The van der Waals surface area contributed by atoms with E-state index in [0.717, 1.165) is 11.1 Å². The van der Waals surface area contributed by atoms with E-state index in [0.29, 0.717) is 5.75 Å². The van der Waals surface area contributed by atoms with Crippen LogP contribution < -0.4 is 4.74 Å². The Hall–Kier alpha value is -2.69. The van der Waals surface area contributed by atoms with E-state index >= 15 is 0 Å². The highest BCUT2D eigenvalue weighted by atomic mass is 32.2. The lowest BCUT2D eigenvalue weighted by Crippen LogP contribution is -2.11. The maximum atomic E-state index is 11.8. The molecule has 0 aliphatic heterocycles. The van der Waals surface area contributed by atoms with Crippen molar-refractivity contribution >= 4 is 36.6 Å². The molecule has 0 saturated heterocycles. The Morgan fingerprint density at radius 1 is 0.926 bits per heavy atom. The number of carbonyl (C=O) groups is 1. The minimum Gasteiger partial charge on any atom is -0.426 e. The van der Waals surface area contributed by atoms with Gasteiger partial charge in [0.2, 0.25) is 0 Å². The van der Waals surface area contributed by atoms with Crippen LogP contribution in [-0.4, -0.2) is 17.7 Å². The number of rotatable bonds is 4. The van der Waals surface area contributed by atoms with Gasteiger partial charge >= 0.3 is 5.97 Å². The van der Waals surface area contributed by atoms with Crippen LogP contribution >= 0.6 is 10.5 Å². The minimum absolute atomic E-state index is 0.00571. The number of esters is 1. The molecule has 3 aromatic carbocycles. The molecule has 0 saturated carbocycles. The molecule has 4 rings (SSSR count). The van der Waals surface area contributed by atoms with Gasteiger partial charge in [-0.15, -0.1) is 0 Å². The summed E-state index contributed by atoms with van der Waals surface area (Å²) in [7, 11) is -0.166. The molecule has 136 valence electrons. The molecule has 0 amide bonds. The molecule has 4 aromatic rings. The zero-order valence-electron chi connectivity index (χ0n) is 15.4. The highest BCUT2D eigenvalue weighted by Crippen LogP contribution is 2.49. The van der Waals surface area contributed by atoms with E-state index in [1.54, 1.807) is 0 Å². The first kappa shape index (κ1) is 17.7. The summed E-state index contributed by atoms with van der Waals surface area (Å²) in [6.07, 6.45) is 0.00571. The third-order valence-corrected chi connectivity index (χ3v) is 7.00. The van der Waals surface area contributed by atoms with Crippen molar-refractivity contribution in [3.05, 3.63) is 71.8 Å². The van der Waals surface area contributed by atoms with Gasteiger partial charge in [-0.1, -0.05) is 24.3 Å². The van der Waals surface area contributed by atoms with Gasteiger partial charge in [-0.25, -0.2) is 0 Å². The number of fused-ring (bicyclic) bond motifs is 3. The smallest absolute Gasteiger partial charge is 0.313 e. The van der Waals surface area contributed by atoms with Crippen molar-refractivity contribution < 1.29 is 14.6 Å². The van der Waals surface area contributed by atoms with Crippen molar-refractivity contribution in [3.8, 4) is 10.6 Å². The summed E-state index contributed by atoms with van der Waals surface area (Å²) in [5, 5.41) is 11.5. The van der Waals surface area contributed by atoms with E-state index in [1.807, 2.05) is 13.8 Å². The molecule has 3 nitrogen and oxygen atoms in total. The Morgan fingerprint density at radius 3 is 1.96 bits per heavy atom. The zero-order valence-corrected chi connectivity index (χ0v) is 16.2. The highest BCUT2D eigenvalue weighted by molar-refractivity contribution is 7.50. The molecule has 0 aliphatic rings. The molecule has 0 bridgehead atoms. The fourth-order valence-electron chi connectivity index (χ4n) is 3.55. The lowest BCUT2D eigenvalue weighted by atomic mass is 10.1. The van der Waals surface area contributed by atoms with E-state index in [1.165, 1.54) is 25.1 Å². The topological polar surface area (TPSA) is 46.5 Å². The van der Waals surface area contributed by atoms with Crippen molar-refractivity contribution in [1.82, 2.24) is 0 Å². The monoisotopic (exact) mass is 377 g/mol. The average molecular weight is 377 g/mol. The summed E-state index contributed by atoms with van der Waals surface area (Å²) in [6.45, 7) is 3.73. The first-order valence-electron chi connectivity index (χ1n) is 8.95. The van der Waals surface area contributed by atoms with Crippen molar-refractivity contribution in [2.45, 2.75) is 20.3 Å².